The van der Waals surface area contributed by atoms with Gasteiger partial charge in [0.15, 0.2) is 0 Å². The van der Waals surface area contributed by atoms with Crippen molar-refractivity contribution >= 4 is 22.1 Å². The molecule has 1 heterocycles. The van der Waals surface area contributed by atoms with Crippen molar-refractivity contribution in [2.75, 3.05) is 0 Å². The van der Waals surface area contributed by atoms with Crippen molar-refractivity contribution in [1.82, 2.24) is 5.43 Å². The van der Waals surface area contributed by atoms with Gasteiger partial charge in [0.1, 0.15) is 5.82 Å². The van der Waals surface area contributed by atoms with Crippen LogP contribution in [0.5, 0.6) is 0 Å². The van der Waals surface area contributed by atoms with Gasteiger partial charge in [0.2, 0.25) is 0 Å². The van der Waals surface area contributed by atoms with Crippen molar-refractivity contribution < 1.29 is 4.39 Å². The number of hydrogen-bond acceptors (Lipinski definition) is 3. The summed E-state index contributed by atoms with van der Waals surface area (Å²) in [5.74, 6) is 5.54. The quantitative estimate of drug-likeness (QED) is 0.548. The van der Waals surface area contributed by atoms with Gasteiger partial charge in [-0.25, -0.2) is 4.39 Å². The third-order valence-corrected chi connectivity index (χ3v) is 4.68. The molecule has 0 aliphatic carbocycles. The van der Waals surface area contributed by atoms with Gasteiger partial charge < -0.3 is 0 Å². The summed E-state index contributed by atoms with van der Waals surface area (Å²) in [6.07, 6.45) is 1.84. The smallest absolute Gasteiger partial charge is 0.131 e. The third kappa shape index (κ3) is 2.97. The van der Waals surface area contributed by atoms with Crippen molar-refractivity contribution in [3.8, 4) is 0 Å². The zero-order valence-corrected chi connectivity index (χ0v) is 12.4. The molecule has 0 aliphatic rings. The van der Waals surface area contributed by atoms with Crippen molar-refractivity contribution in [1.29, 1.82) is 0 Å². The molecule has 3 aromatic rings. The molecule has 108 valence electrons. The van der Waals surface area contributed by atoms with Crippen LogP contribution in [0.1, 0.15) is 22.9 Å². The molecule has 3 N–H and O–H groups in total. The largest absolute Gasteiger partial charge is 0.271 e. The summed E-state index contributed by atoms with van der Waals surface area (Å²) in [5, 5.41) is 3.64. The fourth-order valence-electron chi connectivity index (χ4n) is 2.66. The van der Waals surface area contributed by atoms with E-state index in [0.717, 1.165) is 23.8 Å². The molecule has 2 aromatic carbocycles. The molecule has 4 heteroatoms. The molecule has 1 aromatic heterocycles. The highest BCUT2D eigenvalue weighted by molar-refractivity contribution is 7.09. The highest BCUT2D eigenvalue weighted by atomic mass is 32.1. The Morgan fingerprint density at radius 3 is 2.57 bits per heavy atom. The monoisotopic (exact) mass is 300 g/mol. The lowest BCUT2D eigenvalue weighted by Gasteiger charge is -2.18. The lowest BCUT2D eigenvalue weighted by Crippen LogP contribution is -2.28. The fraction of sp³-hybridized carbons (Fsp3) is 0.176. The van der Waals surface area contributed by atoms with Gasteiger partial charge >= 0.3 is 0 Å². The van der Waals surface area contributed by atoms with E-state index in [0.29, 0.717) is 5.39 Å². The Hall–Kier alpha value is -1.75. The Morgan fingerprint density at radius 1 is 1.05 bits per heavy atom. The molecule has 2 nitrogen and oxygen atoms in total. The van der Waals surface area contributed by atoms with Gasteiger partial charge in [-0.1, -0.05) is 36.4 Å². The minimum atomic E-state index is -0.191. The topological polar surface area (TPSA) is 38.0 Å². The number of nitrogens with one attached hydrogen (secondary N) is 1. The van der Waals surface area contributed by atoms with E-state index >= 15 is 0 Å². The van der Waals surface area contributed by atoms with Crippen molar-refractivity contribution in [3.05, 3.63) is 70.2 Å². The number of thiophene rings is 1. The molecule has 0 spiro atoms. The fourth-order valence-corrected chi connectivity index (χ4v) is 3.38. The van der Waals surface area contributed by atoms with Gasteiger partial charge in [0, 0.05) is 16.3 Å². The number of nitrogens with two attached hydrogens (primary N) is 1. The predicted octanol–water partition coefficient (Wildman–Crippen LogP) is 4.18. The summed E-state index contributed by atoms with van der Waals surface area (Å²) >= 11 is 1.75. The number of aryl methyl sites for hydroxylation is 1. The summed E-state index contributed by atoms with van der Waals surface area (Å²) in [6.45, 7) is 0. The second-order valence-corrected chi connectivity index (χ2v) is 6.05. The molecular formula is C17H17FN2S. The maximum atomic E-state index is 13.9. The SMILES string of the molecule is NNC(CCc1cccs1)c1ccc(F)c2ccccc12. The first-order valence-corrected chi connectivity index (χ1v) is 7.83. The van der Waals surface area contributed by atoms with E-state index in [-0.39, 0.29) is 11.9 Å². The Bertz CT molecular complexity index is 725. The molecule has 0 saturated carbocycles. The number of hydrogen-bond donors (Lipinski definition) is 2. The van der Waals surface area contributed by atoms with Crippen LogP contribution in [0.25, 0.3) is 10.8 Å². The lowest BCUT2D eigenvalue weighted by atomic mass is 9.95. The zero-order valence-electron chi connectivity index (χ0n) is 11.6. The van der Waals surface area contributed by atoms with Gasteiger partial charge in [-0.15, -0.1) is 11.3 Å². The zero-order chi connectivity index (χ0) is 14.7. The Labute approximate surface area is 127 Å². The summed E-state index contributed by atoms with van der Waals surface area (Å²) in [4.78, 5) is 1.33. The number of benzene rings is 2. The van der Waals surface area contributed by atoms with Crippen LogP contribution >= 0.6 is 11.3 Å². The molecule has 0 amide bonds. The Balaban J connectivity index is 1.91. The number of halogens is 1. The molecule has 0 fully saturated rings. The molecule has 0 aliphatic heterocycles. The minimum absolute atomic E-state index is 0.0117. The van der Waals surface area contributed by atoms with Gasteiger partial charge in [0.25, 0.3) is 0 Å². The second-order valence-electron chi connectivity index (χ2n) is 5.02. The number of rotatable bonds is 5. The Kier molecular flexibility index (Phi) is 4.29. The van der Waals surface area contributed by atoms with E-state index in [1.807, 2.05) is 24.3 Å². The molecule has 1 unspecified atom stereocenters. The van der Waals surface area contributed by atoms with E-state index in [9.17, 15) is 4.39 Å². The van der Waals surface area contributed by atoms with Crippen LogP contribution in [0.15, 0.2) is 53.9 Å². The Morgan fingerprint density at radius 2 is 1.86 bits per heavy atom. The molecule has 21 heavy (non-hydrogen) atoms. The number of hydrazine groups is 1. The first-order valence-electron chi connectivity index (χ1n) is 6.95. The summed E-state index contributed by atoms with van der Waals surface area (Å²) in [7, 11) is 0. The summed E-state index contributed by atoms with van der Waals surface area (Å²) in [5.41, 5.74) is 3.92. The first-order chi connectivity index (χ1) is 10.3. The van der Waals surface area contributed by atoms with Crippen molar-refractivity contribution in [3.63, 3.8) is 0 Å². The maximum Gasteiger partial charge on any atom is 0.131 e. The second kappa shape index (κ2) is 6.35. The van der Waals surface area contributed by atoms with Crippen LogP contribution in [-0.2, 0) is 6.42 Å². The maximum absolute atomic E-state index is 13.9. The van der Waals surface area contributed by atoms with Crippen LogP contribution < -0.4 is 11.3 Å². The molecule has 0 saturated heterocycles. The van der Waals surface area contributed by atoms with E-state index in [2.05, 4.69) is 22.9 Å². The molecule has 0 radical (unpaired) electrons. The average Bonchev–Trinajstić information content (AvgIpc) is 3.03. The highest BCUT2D eigenvalue weighted by Gasteiger charge is 2.14. The lowest BCUT2D eigenvalue weighted by molar-refractivity contribution is 0.520. The van der Waals surface area contributed by atoms with Gasteiger partial charge in [0.05, 0.1) is 0 Å². The van der Waals surface area contributed by atoms with Gasteiger partial charge in [-0.05, 0) is 41.3 Å². The normalized spacial score (nSPS) is 12.7. The molecular weight excluding hydrogens is 283 g/mol. The number of fused-ring (bicyclic) bond motifs is 1. The molecule has 1 atom stereocenters. The van der Waals surface area contributed by atoms with Crippen LogP contribution in [0.3, 0.4) is 0 Å². The predicted molar refractivity (Wildman–Crippen MR) is 86.6 cm³/mol. The minimum Gasteiger partial charge on any atom is -0.271 e. The standard InChI is InChI=1S/C17H17FN2S/c18-16-9-8-15(13-5-1-2-6-14(13)16)17(20-19)10-7-12-4-3-11-21-12/h1-6,8-9,11,17,20H,7,10,19H2. The van der Waals surface area contributed by atoms with Crippen molar-refractivity contribution in [2.24, 2.45) is 5.84 Å². The van der Waals surface area contributed by atoms with E-state index < -0.39 is 0 Å². The summed E-state index contributed by atoms with van der Waals surface area (Å²) in [6, 6.07) is 15.1. The highest BCUT2D eigenvalue weighted by Crippen LogP contribution is 2.29. The summed E-state index contributed by atoms with van der Waals surface area (Å²) < 4.78 is 13.9. The molecule has 0 bridgehead atoms. The van der Waals surface area contributed by atoms with Crippen LogP contribution in [0, 0.1) is 5.82 Å². The van der Waals surface area contributed by atoms with Crippen LogP contribution in [-0.4, -0.2) is 0 Å². The van der Waals surface area contributed by atoms with Crippen molar-refractivity contribution in [2.45, 2.75) is 18.9 Å². The van der Waals surface area contributed by atoms with Gasteiger partial charge in [-0.3, -0.25) is 11.3 Å². The van der Waals surface area contributed by atoms with Crippen LogP contribution in [0.4, 0.5) is 4.39 Å². The van der Waals surface area contributed by atoms with E-state index in [1.165, 1.54) is 10.9 Å². The molecule has 3 rings (SSSR count). The first kappa shape index (κ1) is 14.2. The van der Waals surface area contributed by atoms with E-state index in [4.69, 9.17) is 5.84 Å². The van der Waals surface area contributed by atoms with E-state index in [1.54, 1.807) is 17.4 Å². The van der Waals surface area contributed by atoms with Crippen LogP contribution in [0.2, 0.25) is 0 Å². The van der Waals surface area contributed by atoms with Gasteiger partial charge in [-0.2, -0.15) is 0 Å². The average molecular weight is 300 g/mol. The third-order valence-electron chi connectivity index (χ3n) is 3.74.